The summed E-state index contributed by atoms with van der Waals surface area (Å²) in [7, 11) is 0. The van der Waals surface area contributed by atoms with Crippen molar-refractivity contribution in [3.8, 4) is 0 Å². The van der Waals surface area contributed by atoms with Crippen LogP contribution < -0.4 is 21.3 Å². The van der Waals surface area contributed by atoms with Gasteiger partial charge in [0.15, 0.2) is 0 Å². The molecular formula is C24H23ClN4O4. The van der Waals surface area contributed by atoms with E-state index in [-0.39, 0.29) is 18.7 Å². The summed E-state index contributed by atoms with van der Waals surface area (Å²) in [6.07, 6.45) is 0.255. The number of nitrogens with one attached hydrogen (secondary N) is 2. The molecule has 4 amide bonds. The second kappa shape index (κ2) is 7.40. The maximum Gasteiger partial charge on any atom is 0.250 e. The monoisotopic (exact) mass is 466 g/mol. The SMILES string of the molecule is Cc1ccc(N2C(=O)[C@@H]3[C@H](CCC(N)=O)N[C@]4(C(=O)Nc5c4ccc(Cl)c5C)[C@@H]3C2=O)cc1. The van der Waals surface area contributed by atoms with E-state index in [0.717, 1.165) is 5.56 Å². The number of carbonyl (C=O) groups excluding carboxylic acids is 4. The highest BCUT2D eigenvalue weighted by atomic mass is 35.5. The van der Waals surface area contributed by atoms with Gasteiger partial charge in [-0.1, -0.05) is 35.4 Å². The maximum absolute atomic E-state index is 13.8. The number of amides is 4. The van der Waals surface area contributed by atoms with E-state index in [1.54, 1.807) is 31.2 Å². The number of halogens is 1. The number of nitrogens with two attached hydrogens (primary N) is 1. The summed E-state index contributed by atoms with van der Waals surface area (Å²) < 4.78 is 0. The van der Waals surface area contributed by atoms with Crippen LogP contribution in [0.5, 0.6) is 0 Å². The summed E-state index contributed by atoms with van der Waals surface area (Å²) >= 11 is 6.28. The molecule has 0 radical (unpaired) electrons. The molecule has 0 aromatic heterocycles. The Kier molecular flexibility index (Phi) is 4.84. The molecule has 2 aromatic carbocycles. The molecule has 4 atom stereocenters. The third-order valence-corrected chi connectivity index (χ3v) is 7.49. The van der Waals surface area contributed by atoms with Crippen LogP contribution in [0.3, 0.4) is 0 Å². The van der Waals surface area contributed by atoms with Gasteiger partial charge in [-0.15, -0.1) is 0 Å². The van der Waals surface area contributed by atoms with Crippen LogP contribution >= 0.6 is 11.6 Å². The molecule has 3 heterocycles. The molecule has 2 aromatic rings. The number of anilines is 2. The number of nitrogens with zero attached hydrogens (tertiary/aromatic N) is 1. The molecule has 9 heteroatoms. The summed E-state index contributed by atoms with van der Waals surface area (Å²) in [5.74, 6) is -3.54. The van der Waals surface area contributed by atoms with Crippen LogP contribution in [0.1, 0.15) is 29.5 Å². The van der Waals surface area contributed by atoms with E-state index in [2.05, 4.69) is 10.6 Å². The molecule has 3 aliphatic rings. The van der Waals surface area contributed by atoms with Gasteiger partial charge < -0.3 is 11.1 Å². The molecule has 0 aliphatic carbocycles. The van der Waals surface area contributed by atoms with E-state index in [9.17, 15) is 19.2 Å². The van der Waals surface area contributed by atoms with Crippen molar-refractivity contribution in [1.29, 1.82) is 0 Å². The van der Waals surface area contributed by atoms with Crippen LogP contribution in [0, 0.1) is 25.7 Å². The Bertz CT molecular complexity index is 1230. The van der Waals surface area contributed by atoms with Gasteiger partial charge in [0, 0.05) is 23.0 Å². The first-order valence-corrected chi connectivity index (χ1v) is 11.2. The van der Waals surface area contributed by atoms with Gasteiger partial charge in [-0.2, -0.15) is 0 Å². The minimum atomic E-state index is -1.44. The maximum atomic E-state index is 13.8. The topological polar surface area (TPSA) is 122 Å². The molecule has 170 valence electrons. The third-order valence-electron chi connectivity index (χ3n) is 7.08. The fraction of sp³-hybridized carbons (Fsp3) is 0.333. The molecule has 0 saturated carbocycles. The molecule has 4 N–H and O–H groups in total. The Morgan fingerprint density at radius 2 is 1.79 bits per heavy atom. The Labute approximate surface area is 195 Å². The van der Waals surface area contributed by atoms with Gasteiger partial charge in [-0.05, 0) is 44.0 Å². The first-order valence-electron chi connectivity index (χ1n) is 10.8. The Balaban J connectivity index is 1.66. The fourth-order valence-electron chi connectivity index (χ4n) is 5.48. The number of benzene rings is 2. The number of hydrogen-bond donors (Lipinski definition) is 3. The molecule has 33 heavy (non-hydrogen) atoms. The number of carbonyl (C=O) groups is 4. The Morgan fingerprint density at radius 1 is 1.09 bits per heavy atom. The van der Waals surface area contributed by atoms with Crippen molar-refractivity contribution >= 4 is 46.6 Å². The van der Waals surface area contributed by atoms with Gasteiger partial charge in [0.25, 0.3) is 0 Å². The zero-order chi connectivity index (χ0) is 23.7. The highest BCUT2D eigenvalue weighted by Gasteiger charge is 2.70. The second-order valence-corrected chi connectivity index (χ2v) is 9.37. The molecular weight excluding hydrogens is 444 g/mol. The van der Waals surface area contributed by atoms with Crippen LogP contribution in [0.15, 0.2) is 36.4 Å². The van der Waals surface area contributed by atoms with E-state index >= 15 is 0 Å². The summed E-state index contributed by atoms with van der Waals surface area (Å²) in [6, 6.07) is 9.91. The summed E-state index contributed by atoms with van der Waals surface area (Å²) in [5.41, 5.74) is 7.19. The van der Waals surface area contributed by atoms with E-state index in [1.807, 2.05) is 19.1 Å². The highest BCUT2D eigenvalue weighted by molar-refractivity contribution is 6.32. The van der Waals surface area contributed by atoms with Crippen LogP contribution in [0.25, 0.3) is 0 Å². The van der Waals surface area contributed by atoms with Crippen molar-refractivity contribution in [1.82, 2.24) is 5.32 Å². The van der Waals surface area contributed by atoms with Crippen LogP contribution in [0.4, 0.5) is 11.4 Å². The molecule has 2 saturated heterocycles. The van der Waals surface area contributed by atoms with Gasteiger partial charge in [0.05, 0.1) is 23.2 Å². The number of fused-ring (bicyclic) bond motifs is 4. The quantitative estimate of drug-likeness (QED) is 0.596. The molecule has 0 bridgehead atoms. The van der Waals surface area contributed by atoms with Gasteiger partial charge in [-0.25, -0.2) is 4.90 Å². The van der Waals surface area contributed by atoms with E-state index in [4.69, 9.17) is 17.3 Å². The lowest BCUT2D eigenvalue weighted by atomic mass is 9.76. The number of primary amides is 1. The van der Waals surface area contributed by atoms with Crippen molar-refractivity contribution < 1.29 is 19.2 Å². The second-order valence-electron chi connectivity index (χ2n) is 8.96. The van der Waals surface area contributed by atoms with Gasteiger partial charge in [0.1, 0.15) is 5.54 Å². The predicted octanol–water partition coefficient (Wildman–Crippen LogP) is 2.15. The minimum absolute atomic E-state index is 0.0249. The standard InChI is InChI=1S/C24H23ClN4O4/c1-11-3-5-13(6-4-11)29-21(31)18-16(9-10-17(26)30)28-24(19(18)22(29)32)14-7-8-15(25)12(2)20(14)27-23(24)33/h3-8,16,18-19,28H,9-10H2,1-2H3,(H2,26,30)(H,27,33)/t16-,18+,19-,24-/m0/s1. The predicted molar refractivity (Wildman–Crippen MR) is 123 cm³/mol. The molecule has 3 aliphatic heterocycles. The number of imide groups is 1. The molecule has 8 nitrogen and oxygen atoms in total. The lowest BCUT2D eigenvalue weighted by Crippen LogP contribution is -2.53. The minimum Gasteiger partial charge on any atom is -0.370 e. The van der Waals surface area contributed by atoms with E-state index in [1.165, 1.54) is 4.90 Å². The average Bonchev–Trinajstić information content (AvgIpc) is 3.35. The smallest absolute Gasteiger partial charge is 0.250 e. The normalized spacial score (nSPS) is 27.8. The molecule has 0 unspecified atom stereocenters. The first kappa shape index (κ1) is 21.6. The Hall–Kier alpha value is -3.23. The van der Waals surface area contributed by atoms with Gasteiger partial charge in [0.2, 0.25) is 23.6 Å². The molecule has 1 spiro atoms. The third kappa shape index (κ3) is 2.94. The first-order chi connectivity index (χ1) is 15.7. The van der Waals surface area contributed by atoms with Gasteiger partial charge >= 0.3 is 0 Å². The lowest BCUT2D eigenvalue weighted by molar-refractivity contribution is -0.130. The van der Waals surface area contributed by atoms with Crippen LogP contribution in [-0.2, 0) is 24.7 Å². The fourth-order valence-corrected chi connectivity index (χ4v) is 5.64. The van der Waals surface area contributed by atoms with Crippen molar-refractivity contribution in [3.63, 3.8) is 0 Å². The van der Waals surface area contributed by atoms with Gasteiger partial charge in [-0.3, -0.25) is 24.5 Å². The number of rotatable bonds is 4. The van der Waals surface area contributed by atoms with E-state index in [0.29, 0.717) is 27.5 Å². The number of aryl methyl sites for hydroxylation is 1. The highest BCUT2D eigenvalue weighted by Crippen LogP contribution is 2.55. The Morgan fingerprint density at radius 3 is 2.45 bits per heavy atom. The summed E-state index contributed by atoms with van der Waals surface area (Å²) in [6.45, 7) is 3.70. The molecule has 2 fully saturated rings. The van der Waals surface area contributed by atoms with Crippen molar-refractivity contribution in [2.45, 2.75) is 38.3 Å². The zero-order valence-corrected chi connectivity index (χ0v) is 18.9. The zero-order valence-electron chi connectivity index (χ0n) is 18.1. The summed E-state index contributed by atoms with van der Waals surface area (Å²) in [4.78, 5) is 53.6. The average molecular weight is 467 g/mol. The largest absolute Gasteiger partial charge is 0.370 e. The lowest BCUT2D eigenvalue weighted by Gasteiger charge is -2.29. The van der Waals surface area contributed by atoms with Crippen molar-refractivity contribution in [3.05, 3.63) is 58.1 Å². The van der Waals surface area contributed by atoms with E-state index < -0.39 is 41.1 Å². The summed E-state index contributed by atoms with van der Waals surface area (Å²) in [5, 5.41) is 6.65. The van der Waals surface area contributed by atoms with Crippen molar-refractivity contribution in [2.75, 3.05) is 10.2 Å². The van der Waals surface area contributed by atoms with Crippen molar-refractivity contribution in [2.24, 2.45) is 17.6 Å². The van der Waals surface area contributed by atoms with Crippen LogP contribution in [0.2, 0.25) is 5.02 Å². The molecule has 5 rings (SSSR count). The number of hydrogen-bond acceptors (Lipinski definition) is 5. The van der Waals surface area contributed by atoms with Crippen LogP contribution in [-0.4, -0.2) is 29.7 Å².